The third-order valence-corrected chi connectivity index (χ3v) is 1.26. The highest BCUT2D eigenvalue weighted by atomic mass is 16.5. The van der Waals surface area contributed by atoms with Crippen molar-refractivity contribution in [3.63, 3.8) is 0 Å². The molecule has 0 aliphatic heterocycles. The minimum absolute atomic E-state index is 0.566. The first-order chi connectivity index (χ1) is 4.31. The maximum Gasteiger partial charge on any atom is 0.0471 e. The molecular weight excluding hydrogens is 112 g/mol. The fourth-order valence-electron chi connectivity index (χ4n) is 0.489. The average Bonchev–Trinajstić information content (AvgIpc) is 1.89. The van der Waals surface area contributed by atoms with Crippen LogP contribution in [-0.2, 0) is 4.74 Å². The zero-order valence-corrected chi connectivity index (χ0v) is 6.10. The van der Waals surface area contributed by atoms with Gasteiger partial charge in [0.1, 0.15) is 0 Å². The van der Waals surface area contributed by atoms with Gasteiger partial charge in [0.2, 0.25) is 0 Å². The van der Waals surface area contributed by atoms with Crippen molar-refractivity contribution in [1.29, 1.82) is 0 Å². The lowest BCUT2D eigenvalue weighted by Crippen LogP contribution is -1.98. The smallest absolute Gasteiger partial charge is 0.0471 e. The van der Waals surface area contributed by atoms with Crippen LogP contribution in [0.2, 0.25) is 0 Å². The molecule has 0 amide bonds. The van der Waals surface area contributed by atoms with Crippen molar-refractivity contribution in [3.05, 3.63) is 19.6 Å². The Balaban J connectivity index is 2.96. The summed E-state index contributed by atoms with van der Waals surface area (Å²) in [7, 11) is 0. The van der Waals surface area contributed by atoms with Gasteiger partial charge in [0, 0.05) is 13.2 Å². The minimum Gasteiger partial charge on any atom is -0.381 e. The van der Waals surface area contributed by atoms with Crippen LogP contribution in [0.5, 0.6) is 0 Å². The van der Waals surface area contributed by atoms with E-state index in [2.05, 4.69) is 20.4 Å². The van der Waals surface area contributed by atoms with Crippen molar-refractivity contribution in [2.24, 2.45) is 5.92 Å². The van der Waals surface area contributed by atoms with Crippen molar-refractivity contribution >= 4 is 0 Å². The molecule has 0 N–H and O–H groups in total. The molecule has 1 heteroatoms. The van der Waals surface area contributed by atoms with E-state index in [1.54, 1.807) is 0 Å². The highest BCUT2D eigenvalue weighted by Crippen LogP contribution is 2.01. The summed E-state index contributed by atoms with van der Waals surface area (Å²) in [5.74, 6) is 0.566. The van der Waals surface area contributed by atoms with E-state index in [-0.39, 0.29) is 0 Å². The van der Waals surface area contributed by atoms with Crippen molar-refractivity contribution < 1.29 is 4.74 Å². The summed E-state index contributed by atoms with van der Waals surface area (Å²) >= 11 is 0. The maximum absolute atomic E-state index is 5.05. The number of ether oxygens (including phenoxy) is 1. The molecule has 9 heavy (non-hydrogen) atoms. The van der Waals surface area contributed by atoms with E-state index in [1.807, 2.05) is 6.08 Å². The monoisotopic (exact) mass is 127 g/mol. The molecule has 0 aliphatic rings. The lowest BCUT2D eigenvalue weighted by atomic mass is 10.1. The normalized spacial score (nSPS) is 13.1. The van der Waals surface area contributed by atoms with E-state index in [0.717, 1.165) is 13.0 Å². The standard InChI is InChI=1S/C8H15O/c1-4-8(3)6-7-9-5-2/h4,8H,1-2,5-7H2,3H3. The molecular formula is C8H15O. The van der Waals surface area contributed by atoms with Crippen LogP contribution in [0.3, 0.4) is 0 Å². The third-order valence-electron chi connectivity index (χ3n) is 1.26. The zero-order chi connectivity index (χ0) is 7.11. The summed E-state index contributed by atoms with van der Waals surface area (Å²) in [6.07, 6.45) is 2.99. The lowest BCUT2D eigenvalue weighted by molar-refractivity contribution is 0.151. The molecule has 53 valence electrons. The summed E-state index contributed by atoms with van der Waals surface area (Å²) in [5.41, 5.74) is 0. The van der Waals surface area contributed by atoms with Crippen LogP contribution in [0.25, 0.3) is 0 Å². The van der Waals surface area contributed by atoms with Gasteiger partial charge in [-0.2, -0.15) is 0 Å². The van der Waals surface area contributed by atoms with E-state index in [9.17, 15) is 0 Å². The fraction of sp³-hybridized carbons (Fsp3) is 0.625. The van der Waals surface area contributed by atoms with Crippen molar-refractivity contribution in [2.45, 2.75) is 13.3 Å². The van der Waals surface area contributed by atoms with Gasteiger partial charge in [0.05, 0.1) is 0 Å². The summed E-state index contributed by atoms with van der Waals surface area (Å²) in [6.45, 7) is 10.7. The molecule has 0 aromatic rings. The van der Waals surface area contributed by atoms with Crippen LogP contribution in [0, 0.1) is 12.8 Å². The Morgan fingerprint density at radius 3 is 2.78 bits per heavy atom. The number of allylic oxidation sites excluding steroid dienone is 1. The SMILES string of the molecule is [CH2]COCCC(C)C=C. The predicted octanol–water partition coefficient (Wildman–Crippen LogP) is 2.05. The molecule has 0 saturated heterocycles. The van der Waals surface area contributed by atoms with Crippen molar-refractivity contribution in [1.82, 2.24) is 0 Å². The summed E-state index contributed by atoms with van der Waals surface area (Å²) in [4.78, 5) is 0. The molecule has 0 aliphatic carbocycles. The van der Waals surface area contributed by atoms with E-state index in [0.29, 0.717) is 12.5 Å². The number of hydrogen-bond donors (Lipinski definition) is 0. The van der Waals surface area contributed by atoms with Crippen LogP contribution >= 0.6 is 0 Å². The quantitative estimate of drug-likeness (QED) is 0.405. The highest BCUT2D eigenvalue weighted by molar-refractivity contribution is 4.74. The molecule has 0 aromatic heterocycles. The Bertz CT molecular complexity index is 69.0. The van der Waals surface area contributed by atoms with Crippen LogP contribution in [0.4, 0.5) is 0 Å². The molecule has 0 spiro atoms. The van der Waals surface area contributed by atoms with E-state index < -0.39 is 0 Å². The molecule has 0 aromatic carbocycles. The van der Waals surface area contributed by atoms with Crippen LogP contribution in [0.15, 0.2) is 12.7 Å². The van der Waals surface area contributed by atoms with Gasteiger partial charge in [-0.1, -0.05) is 13.0 Å². The highest BCUT2D eigenvalue weighted by Gasteiger charge is 1.93. The van der Waals surface area contributed by atoms with Gasteiger partial charge in [-0.15, -0.1) is 6.58 Å². The Morgan fingerprint density at radius 1 is 1.67 bits per heavy atom. The van der Waals surface area contributed by atoms with Gasteiger partial charge >= 0.3 is 0 Å². The second kappa shape index (κ2) is 5.83. The van der Waals surface area contributed by atoms with Gasteiger partial charge in [0.15, 0.2) is 0 Å². The Kier molecular flexibility index (Phi) is 5.64. The molecule has 1 atom stereocenters. The van der Waals surface area contributed by atoms with Crippen LogP contribution in [0.1, 0.15) is 13.3 Å². The predicted molar refractivity (Wildman–Crippen MR) is 40.2 cm³/mol. The zero-order valence-electron chi connectivity index (χ0n) is 6.10. The van der Waals surface area contributed by atoms with Crippen LogP contribution < -0.4 is 0 Å². The Hall–Kier alpha value is -0.300. The lowest BCUT2D eigenvalue weighted by Gasteiger charge is -2.03. The van der Waals surface area contributed by atoms with Gasteiger partial charge in [-0.05, 0) is 19.3 Å². The molecule has 1 radical (unpaired) electrons. The van der Waals surface area contributed by atoms with Crippen LogP contribution in [-0.4, -0.2) is 13.2 Å². The first-order valence-electron chi connectivity index (χ1n) is 3.30. The molecule has 0 fully saturated rings. The fourth-order valence-corrected chi connectivity index (χ4v) is 0.489. The largest absolute Gasteiger partial charge is 0.381 e. The van der Waals surface area contributed by atoms with E-state index >= 15 is 0 Å². The first kappa shape index (κ1) is 8.70. The van der Waals surface area contributed by atoms with Gasteiger partial charge in [-0.25, -0.2) is 0 Å². The minimum atomic E-state index is 0.566. The molecule has 0 rings (SSSR count). The molecule has 0 saturated carbocycles. The summed E-state index contributed by atoms with van der Waals surface area (Å²) in [6, 6.07) is 0. The Labute approximate surface area is 57.7 Å². The number of hydrogen-bond acceptors (Lipinski definition) is 1. The van der Waals surface area contributed by atoms with E-state index in [1.165, 1.54) is 0 Å². The first-order valence-corrected chi connectivity index (χ1v) is 3.30. The Morgan fingerprint density at radius 2 is 2.33 bits per heavy atom. The summed E-state index contributed by atoms with van der Waals surface area (Å²) < 4.78 is 5.05. The second-order valence-corrected chi connectivity index (χ2v) is 2.11. The van der Waals surface area contributed by atoms with Gasteiger partial charge < -0.3 is 4.74 Å². The van der Waals surface area contributed by atoms with Gasteiger partial charge in [0.25, 0.3) is 0 Å². The molecule has 0 heterocycles. The van der Waals surface area contributed by atoms with Gasteiger partial charge in [-0.3, -0.25) is 0 Å². The molecule has 0 bridgehead atoms. The second-order valence-electron chi connectivity index (χ2n) is 2.11. The average molecular weight is 127 g/mol. The van der Waals surface area contributed by atoms with Crippen molar-refractivity contribution in [2.75, 3.05) is 13.2 Å². The number of rotatable bonds is 5. The molecule has 1 unspecified atom stereocenters. The van der Waals surface area contributed by atoms with Crippen molar-refractivity contribution in [3.8, 4) is 0 Å². The topological polar surface area (TPSA) is 9.23 Å². The molecule has 1 nitrogen and oxygen atoms in total. The maximum atomic E-state index is 5.05. The van der Waals surface area contributed by atoms with E-state index in [4.69, 9.17) is 4.74 Å². The third kappa shape index (κ3) is 5.57. The summed E-state index contributed by atoms with van der Waals surface area (Å²) in [5, 5.41) is 0.